The van der Waals surface area contributed by atoms with E-state index >= 15 is 0 Å². The number of hydrogen-bond donors (Lipinski definition) is 2. The molecule has 2 aromatic rings. The van der Waals surface area contributed by atoms with Crippen molar-refractivity contribution >= 4 is 23.0 Å². The van der Waals surface area contributed by atoms with Crippen molar-refractivity contribution < 1.29 is 19.4 Å². The molecule has 1 atom stereocenters. The third-order valence-electron chi connectivity index (χ3n) is 7.15. The topological polar surface area (TPSA) is 89.6 Å². The summed E-state index contributed by atoms with van der Waals surface area (Å²) in [6, 6.07) is 4.27. The quantitative estimate of drug-likeness (QED) is 0.384. The van der Waals surface area contributed by atoms with Crippen LogP contribution < -0.4 is 10.5 Å². The molecule has 0 radical (unpaired) electrons. The van der Waals surface area contributed by atoms with Gasteiger partial charge in [0.15, 0.2) is 5.78 Å². The van der Waals surface area contributed by atoms with Gasteiger partial charge < -0.3 is 15.6 Å². The van der Waals surface area contributed by atoms with Crippen molar-refractivity contribution in [2.45, 2.75) is 98.5 Å². The zero-order valence-corrected chi connectivity index (χ0v) is 22.8. The molecule has 0 fully saturated rings. The first kappa shape index (κ1) is 27.4. The van der Waals surface area contributed by atoms with Gasteiger partial charge >= 0.3 is 0 Å². The van der Waals surface area contributed by atoms with Gasteiger partial charge in [-0.3, -0.25) is 9.59 Å². The number of nitrogens with two attached hydrogens (primary N) is 1. The second kappa shape index (κ2) is 11.7. The summed E-state index contributed by atoms with van der Waals surface area (Å²) in [4.78, 5) is 26.8. The maximum Gasteiger partial charge on any atom is 0.246 e. The fourth-order valence-corrected chi connectivity index (χ4v) is 6.30. The van der Waals surface area contributed by atoms with Crippen LogP contribution in [0.25, 0.3) is 0 Å². The molecule has 0 bridgehead atoms. The Hall–Kier alpha value is -2.18. The number of thiophene rings is 1. The van der Waals surface area contributed by atoms with Gasteiger partial charge in [-0.05, 0) is 78.2 Å². The van der Waals surface area contributed by atoms with Crippen LogP contribution in [0.2, 0.25) is 0 Å². The number of carbonyl (C=O) groups excluding carboxylic acids is 2. The van der Waals surface area contributed by atoms with Crippen molar-refractivity contribution in [3.05, 3.63) is 49.7 Å². The maximum absolute atomic E-state index is 13.3. The number of carbonyl (C=O) groups is 2. The molecule has 0 aliphatic heterocycles. The molecule has 1 aliphatic carbocycles. The molecule has 0 saturated carbocycles. The van der Waals surface area contributed by atoms with E-state index in [0.717, 1.165) is 65.8 Å². The van der Waals surface area contributed by atoms with Crippen LogP contribution in [0.15, 0.2) is 12.1 Å². The highest BCUT2D eigenvalue weighted by atomic mass is 32.1. The molecular weight excluding hydrogens is 458 g/mol. The predicted octanol–water partition coefficient (Wildman–Crippen LogP) is 5.38. The average Bonchev–Trinajstić information content (AvgIpc) is 3.19. The summed E-state index contributed by atoms with van der Waals surface area (Å²) in [5.41, 5.74) is 11.5. The number of amides is 1. The van der Waals surface area contributed by atoms with E-state index in [4.69, 9.17) is 10.5 Å². The number of aliphatic hydroxyl groups excluding tert-OH is 1. The Morgan fingerprint density at radius 2 is 1.77 bits per heavy atom. The third kappa shape index (κ3) is 6.53. The third-order valence-corrected chi connectivity index (χ3v) is 8.61. The minimum absolute atomic E-state index is 0.167. The van der Waals surface area contributed by atoms with Crippen LogP contribution >= 0.6 is 11.3 Å². The standard InChI is InChI=1S/C29H41NO4S/c1-6-19-15-18(16-20(7-2)26(19)34-14-12-24(32)28(30)33)9-10-23(31)27-21-11-13-29(4,5)17-22(21)25(8-3)35-27/h15-16,24,32H,6-14,17H2,1-5H3,(H2,30,33). The van der Waals surface area contributed by atoms with Crippen LogP contribution in [0.5, 0.6) is 5.75 Å². The number of rotatable bonds is 12. The van der Waals surface area contributed by atoms with E-state index in [0.29, 0.717) is 18.3 Å². The van der Waals surface area contributed by atoms with Crippen molar-refractivity contribution in [2.75, 3.05) is 6.61 Å². The molecular formula is C29H41NO4S. The molecule has 3 rings (SSSR count). The summed E-state index contributed by atoms with van der Waals surface area (Å²) in [6.45, 7) is 11.2. The normalized spacial score (nSPS) is 15.5. The van der Waals surface area contributed by atoms with E-state index in [9.17, 15) is 14.7 Å². The number of fused-ring (bicyclic) bond motifs is 1. The molecule has 1 aromatic carbocycles. The Balaban J connectivity index is 1.74. The number of hydrogen-bond acceptors (Lipinski definition) is 5. The van der Waals surface area contributed by atoms with Gasteiger partial charge in [0.05, 0.1) is 11.5 Å². The van der Waals surface area contributed by atoms with Crippen molar-refractivity contribution in [3.8, 4) is 5.75 Å². The van der Waals surface area contributed by atoms with Crippen LogP contribution in [0.3, 0.4) is 0 Å². The zero-order chi connectivity index (χ0) is 25.8. The van der Waals surface area contributed by atoms with Crippen LogP contribution in [0.4, 0.5) is 0 Å². The lowest BCUT2D eigenvalue weighted by molar-refractivity contribution is -0.126. The van der Waals surface area contributed by atoms with E-state index in [1.807, 2.05) is 0 Å². The van der Waals surface area contributed by atoms with Gasteiger partial charge in [0.2, 0.25) is 5.91 Å². The van der Waals surface area contributed by atoms with Gasteiger partial charge in [-0.15, -0.1) is 11.3 Å². The molecule has 0 spiro atoms. The summed E-state index contributed by atoms with van der Waals surface area (Å²) in [5.74, 6) is 0.355. The van der Waals surface area contributed by atoms with Crippen LogP contribution in [-0.2, 0) is 43.3 Å². The molecule has 0 saturated heterocycles. The van der Waals surface area contributed by atoms with Gasteiger partial charge in [-0.2, -0.15) is 0 Å². The van der Waals surface area contributed by atoms with Crippen LogP contribution in [0.1, 0.15) is 96.2 Å². The second-order valence-corrected chi connectivity index (χ2v) is 11.5. The van der Waals surface area contributed by atoms with E-state index in [1.54, 1.807) is 11.3 Å². The highest BCUT2D eigenvalue weighted by Crippen LogP contribution is 2.42. The SMILES string of the molecule is CCc1cc(CCC(=O)c2sc(CC)c3c2CCC(C)(C)C3)cc(CC)c1OCCC(O)C(N)=O. The van der Waals surface area contributed by atoms with Crippen molar-refractivity contribution in [1.29, 1.82) is 0 Å². The molecule has 1 heterocycles. The summed E-state index contributed by atoms with van der Waals surface area (Å²) < 4.78 is 5.98. The monoisotopic (exact) mass is 499 g/mol. The fraction of sp³-hybridized carbons (Fsp3) is 0.586. The maximum atomic E-state index is 13.3. The molecule has 1 amide bonds. The molecule has 192 valence electrons. The molecule has 3 N–H and O–H groups in total. The highest BCUT2D eigenvalue weighted by molar-refractivity contribution is 7.14. The van der Waals surface area contributed by atoms with Crippen LogP contribution in [-0.4, -0.2) is 29.5 Å². The summed E-state index contributed by atoms with van der Waals surface area (Å²) >= 11 is 1.73. The first-order valence-corrected chi connectivity index (χ1v) is 13.8. The van der Waals surface area contributed by atoms with Gasteiger partial charge in [0, 0.05) is 17.7 Å². The number of benzene rings is 1. The number of aryl methyl sites for hydroxylation is 4. The van der Waals surface area contributed by atoms with Gasteiger partial charge in [-0.1, -0.05) is 46.8 Å². The van der Waals surface area contributed by atoms with Crippen molar-refractivity contribution in [2.24, 2.45) is 11.1 Å². The highest BCUT2D eigenvalue weighted by Gasteiger charge is 2.31. The average molecular weight is 500 g/mol. The number of ether oxygens (including phenoxy) is 1. The van der Waals surface area contributed by atoms with E-state index in [2.05, 4.69) is 46.8 Å². The predicted molar refractivity (Wildman–Crippen MR) is 143 cm³/mol. The number of primary amides is 1. The fourth-order valence-electron chi connectivity index (χ4n) is 5.03. The minimum Gasteiger partial charge on any atom is -0.493 e. The van der Waals surface area contributed by atoms with E-state index < -0.39 is 12.0 Å². The van der Waals surface area contributed by atoms with Crippen LogP contribution in [0, 0.1) is 5.41 Å². The van der Waals surface area contributed by atoms with Crippen molar-refractivity contribution in [3.63, 3.8) is 0 Å². The minimum atomic E-state index is -1.20. The molecule has 5 nitrogen and oxygen atoms in total. The summed E-state index contributed by atoms with van der Waals surface area (Å²) in [7, 11) is 0. The van der Waals surface area contributed by atoms with Crippen molar-refractivity contribution in [1.82, 2.24) is 0 Å². The lowest BCUT2D eigenvalue weighted by atomic mass is 9.74. The first-order chi connectivity index (χ1) is 16.6. The molecule has 1 unspecified atom stereocenters. The smallest absolute Gasteiger partial charge is 0.246 e. The van der Waals surface area contributed by atoms with E-state index in [1.165, 1.54) is 16.0 Å². The lowest BCUT2D eigenvalue weighted by Gasteiger charge is -2.30. The lowest BCUT2D eigenvalue weighted by Crippen LogP contribution is -2.29. The summed E-state index contributed by atoms with van der Waals surface area (Å²) in [6.07, 6.45) is 6.01. The van der Waals surface area contributed by atoms with Gasteiger partial charge in [0.1, 0.15) is 11.9 Å². The Kier molecular flexibility index (Phi) is 9.16. The Morgan fingerprint density at radius 3 is 2.34 bits per heavy atom. The van der Waals surface area contributed by atoms with Gasteiger partial charge in [0.25, 0.3) is 0 Å². The van der Waals surface area contributed by atoms with E-state index in [-0.39, 0.29) is 18.8 Å². The second-order valence-electron chi connectivity index (χ2n) is 10.4. The molecule has 35 heavy (non-hydrogen) atoms. The first-order valence-electron chi connectivity index (χ1n) is 13.0. The van der Waals surface area contributed by atoms with Gasteiger partial charge in [-0.25, -0.2) is 0 Å². The number of Topliss-reactive ketones (excluding diaryl/α,β-unsaturated/α-hetero) is 1. The zero-order valence-electron chi connectivity index (χ0n) is 22.0. The molecule has 6 heteroatoms. The Bertz CT molecular complexity index is 1040. The Morgan fingerprint density at radius 1 is 1.11 bits per heavy atom. The number of aliphatic hydroxyl groups is 1. The largest absolute Gasteiger partial charge is 0.493 e. The molecule has 1 aromatic heterocycles. The summed E-state index contributed by atoms with van der Waals surface area (Å²) in [5, 5.41) is 9.65. The molecule has 1 aliphatic rings. The number of ketones is 1. The Labute approximate surface area is 214 Å².